The van der Waals surface area contributed by atoms with Crippen molar-refractivity contribution in [1.29, 1.82) is 0 Å². The van der Waals surface area contributed by atoms with Gasteiger partial charge >= 0.3 is 0 Å². The van der Waals surface area contributed by atoms with Gasteiger partial charge in [0.25, 0.3) is 0 Å². The van der Waals surface area contributed by atoms with Crippen molar-refractivity contribution in [1.82, 2.24) is 9.38 Å². The first-order valence-electron chi connectivity index (χ1n) is 6.70. The van der Waals surface area contributed by atoms with Crippen LogP contribution in [0.3, 0.4) is 0 Å². The van der Waals surface area contributed by atoms with Gasteiger partial charge in [0.15, 0.2) is 0 Å². The fourth-order valence-electron chi connectivity index (χ4n) is 2.38. The smallest absolute Gasteiger partial charge is 0.144 e. The monoisotopic (exact) mass is 267 g/mol. The van der Waals surface area contributed by atoms with Gasteiger partial charge in [0, 0.05) is 17.3 Å². The lowest BCUT2D eigenvalue weighted by Gasteiger charge is -2.01. The molecule has 2 heterocycles. The summed E-state index contributed by atoms with van der Waals surface area (Å²) in [5.41, 5.74) is 10.7. The Morgan fingerprint density at radius 3 is 2.60 bits per heavy atom. The van der Waals surface area contributed by atoms with Crippen molar-refractivity contribution in [2.45, 2.75) is 20.0 Å². The van der Waals surface area contributed by atoms with Crippen molar-refractivity contribution in [2.24, 2.45) is 0 Å². The van der Waals surface area contributed by atoms with Crippen molar-refractivity contribution in [3.8, 4) is 11.3 Å². The van der Waals surface area contributed by atoms with Crippen LogP contribution in [0.25, 0.3) is 16.9 Å². The Balaban J connectivity index is 2.18. The largest absolute Gasteiger partial charge is 0.392 e. The fraction of sp³-hybridized carbons (Fsp3) is 0.188. The second kappa shape index (κ2) is 4.98. The predicted octanol–water partition coefficient (Wildman–Crippen LogP) is 2.64. The van der Waals surface area contributed by atoms with Gasteiger partial charge in [-0.3, -0.25) is 4.40 Å². The third-order valence-corrected chi connectivity index (χ3v) is 3.57. The summed E-state index contributed by atoms with van der Waals surface area (Å²) in [5.74, 6) is 0.597. The number of aliphatic hydroxyl groups is 1. The van der Waals surface area contributed by atoms with Gasteiger partial charge in [-0.15, -0.1) is 0 Å². The van der Waals surface area contributed by atoms with E-state index < -0.39 is 0 Å². The molecule has 3 aromatic rings. The molecule has 4 nitrogen and oxygen atoms in total. The second-order valence-corrected chi connectivity index (χ2v) is 4.78. The number of hydrogen-bond acceptors (Lipinski definition) is 3. The molecule has 1 aromatic carbocycles. The number of pyridine rings is 1. The highest BCUT2D eigenvalue weighted by molar-refractivity contribution is 5.76. The number of nitrogens with two attached hydrogens (primary N) is 1. The summed E-state index contributed by atoms with van der Waals surface area (Å²) in [4.78, 5) is 4.59. The van der Waals surface area contributed by atoms with Crippen LogP contribution in [0.2, 0.25) is 0 Å². The first kappa shape index (κ1) is 12.7. The van der Waals surface area contributed by atoms with Crippen LogP contribution >= 0.6 is 0 Å². The maximum Gasteiger partial charge on any atom is 0.144 e. The van der Waals surface area contributed by atoms with Gasteiger partial charge in [0.05, 0.1) is 6.61 Å². The van der Waals surface area contributed by atoms with E-state index in [4.69, 9.17) is 5.73 Å². The molecule has 0 unspecified atom stereocenters. The minimum absolute atomic E-state index is 0.0466. The molecule has 0 atom stereocenters. The van der Waals surface area contributed by atoms with E-state index >= 15 is 0 Å². The Morgan fingerprint density at radius 1 is 1.20 bits per heavy atom. The summed E-state index contributed by atoms with van der Waals surface area (Å²) < 4.78 is 1.81. The van der Waals surface area contributed by atoms with Crippen molar-refractivity contribution in [3.05, 3.63) is 53.7 Å². The molecule has 0 radical (unpaired) electrons. The zero-order valence-corrected chi connectivity index (χ0v) is 11.4. The molecule has 0 aliphatic heterocycles. The number of hydrogen-bond donors (Lipinski definition) is 2. The minimum atomic E-state index is -0.0466. The number of benzene rings is 1. The van der Waals surface area contributed by atoms with Crippen LogP contribution < -0.4 is 5.73 Å². The number of anilines is 1. The molecule has 2 aromatic heterocycles. The third kappa shape index (κ3) is 1.94. The number of aliphatic hydroxyl groups excluding tert-OH is 1. The number of nitrogens with zero attached hydrogens (tertiary/aromatic N) is 2. The van der Waals surface area contributed by atoms with E-state index in [1.54, 1.807) is 0 Å². The molecule has 0 saturated heterocycles. The molecule has 0 aliphatic carbocycles. The predicted molar refractivity (Wildman–Crippen MR) is 80.3 cm³/mol. The van der Waals surface area contributed by atoms with Gasteiger partial charge in [0.1, 0.15) is 17.2 Å². The van der Waals surface area contributed by atoms with Crippen LogP contribution in [-0.4, -0.2) is 14.5 Å². The number of rotatable bonds is 3. The number of nitrogen functional groups attached to an aromatic ring is 1. The zero-order valence-electron chi connectivity index (χ0n) is 11.4. The fourth-order valence-corrected chi connectivity index (χ4v) is 2.38. The van der Waals surface area contributed by atoms with Crippen LogP contribution in [0.15, 0.2) is 42.6 Å². The topological polar surface area (TPSA) is 63.5 Å². The Labute approximate surface area is 117 Å². The Hall–Kier alpha value is -2.33. The molecule has 0 amide bonds. The normalized spacial score (nSPS) is 11.1. The molecule has 0 fully saturated rings. The van der Waals surface area contributed by atoms with Gasteiger partial charge < -0.3 is 10.8 Å². The van der Waals surface area contributed by atoms with Gasteiger partial charge in [-0.1, -0.05) is 37.3 Å². The van der Waals surface area contributed by atoms with Crippen molar-refractivity contribution < 1.29 is 5.11 Å². The average molecular weight is 267 g/mol. The van der Waals surface area contributed by atoms with E-state index in [1.165, 1.54) is 5.56 Å². The minimum Gasteiger partial charge on any atom is -0.392 e. The van der Waals surface area contributed by atoms with E-state index in [1.807, 2.05) is 34.9 Å². The first-order chi connectivity index (χ1) is 9.74. The Bertz CT molecular complexity index is 744. The summed E-state index contributed by atoms with van der Waals surface area (Å²) in [6.45, 7) is 2.08. The molecule has 3 rings (SSSR count). The zero-order chi connectivity index (χ0) is 14.1. The van der Waals surface area contributed by atoms with E-state index in [2.05, 4.69) is 24.0 Å². The van der Waals surface area contributed by atoms with Gasteiger partial charge in [-0.2, -0.15) is 0 Å². The van der Waals surface area contributed by atoms with Crippen molar-refractivity contribution in [3.63, 3.8) is 0 Å². The van der Waals surface area contributed by atoms with E-state index in [0.29, 0.717) is 11.5 Å². The van der Waals surface area contributed by atoms with Gasteiger partial charge in [-0.05, 0) is 18.1 Å². The van der Waals surface area contributed by atoms with Crippen LogP contribution in [0, 0.1) is 0 Å². The lowest BCUT2D eigenvalue weighted by molar-refractivity contribution is 0.282. The maximum atomic E-state index is 9.38. The van der Waals surface area contributed by atoms with Gasteiger partial charge in [-0.25, -0.2) is 4.98 Å². The third-order valence-electron chi connectivity index (χ3n) is 3.57. The van der Waals surface area contributed by atoms with Crippen LogP contribution in [-0.2, 0) is 13.0 Å². The SMILES string of the molecule is CCc1ccc(-c2nc3c(CO)cccn3c2N)cc1. The Kier molecular flexibility index (Phi) is 3.16. The van der Waals surface area contributed by atoms with Crippen molar-refractivity contribution in [2.75, 3.05) is 5.73 Å². The van der Waals surface area contributed by atoms with Crippen LogP contribution in [0.1, 0.15) is 18.1 Å². The number of aromatic nitrogens is 2. The van der Waals surface area contributed by atoms with Crippen molar-refractivity contribution >= 4 is 11.5 Å². The van der Waals surface area contributed by atoms with Crippen LogP contribution in [0.4, 0.5) is 5.82 Å². The molecule has 0 saturated carbocycles. The van der Waals surface area contributed by atoms with E-state index in [0.717, 1.165) is 23.2 Å². The Morgan fingerprint density at radius 2 is 1.95 bits per heavy atom. The van der Waals surface area contributed by atoms with Crippen LogP contribution in [0.5, 0.6) is 0 Å². The summed E-state index contributed by atoms with van der Waals surface area (Å²) in [7, 11) is 0. The number of imidazole rings is 1. The average Bonchev–Trinajstić information content (AvgIpc) is 2.85. The molecular formula is C16H17N3O. The lowest BCUT2D eigenvalue weighted by atomic mass is 10.1. The number of aryl methyl sites for hydroxylation is 1. The molecule has 4 heteroatoms. The second-order valence-electron chi connectivity index (χ2n) is 4.78. The van der Waals surface area contributed by atoms with E-state index in [9.17, 15) is 5.11 Å². The molecule has 20 heavy (non-hydrogen) atoms. The van der Waals surface area contributed by atoms with E-state index in [-0.39, 0.29) is 6.61 Å². The molecule has 3 N–H and O–H groups in total. The molecule has 0 spiro atoms. The molecular weight excluding hydrogens is 250 g/mol. The highest BCUT2D eigenvalue weighted by Crippen LogP contribution is 2.28. The highest BCUT2D eigenvalue weighted by Gasteiger charge is 2.13. The summed E-state index contributed by atoms with van der Waals surface area (Å²) in [6, 6.07) is 12.0. The first-order valence-corrected chi connectivity index (χ1v) is 6.70. The highest BCUT2D eigenvalue weighted by atomic mass is 16.3. The quantitative estimate of drug-likeness (QED) is 0.766. The maximum absolute atomic E-state index is 9.38. The summed E-state index contributed by atoms with van der Waals surface area (Å²) in [5, 5.41) is 9.38. The molecule has 0 aliphatic rings. The summed E-state index contributed by atoms with van der Waals surface area (Å²) >= 11 is 0. The standard InChI is InChI=1S/C16H17N3O/c1-2-11-5-7-12(8-6-11)14-15(17)19-9-3-4-13(10-20)16(19)18-14/h3-9,20H,2,10,17H2,1H3. The molecule has 0 bridgehead atoms. The molecule has 102 valence electrons. The van der Waals surface area contributed by atoms with Gasteiger partial charge in [0.2, 0.25) is 0 Å². The lowest BCUT2D eigenvalue weighted by Crippen LogP contribution is -1.95. The summed E-state index contributed by atoms with van der Waals surface area (Å²) in [6.07, 6.45) is 2.87. The number of fused-ring (bicyclic) bond motifs is 1.